The van der Waals surface area contributed by atoms with Crippen molar-refractivity contribution >= 4 is 24.2 Å². The van der Waals surface area contributed by atoms with Crippen molar-refractivity contribution in [3.8, 4) is 0 Å². The third-order valence-electron chi connectivity index (χ3n) is 1.39. The molecule has 1 heterocycles. The summed E-state index contributed by atoms with van der Waals surface area (Å²) in [5.74, 6) is -0.464. The minimum Gasteiger partial charge on any atom is -0.465 e. The molecule has 7 heteroatoms. The normalized spacial score (nSPS) is 8.93. The predicted molar refractivity (Wildman–Crippen MR) is 52.7 cm³/mol. The van der Waals surface area contributed by atoms with Crippen molar-refractivity contribution in [2.24, 2.45) is 5.73 Å². The monoisotopic (exact) mass is 218 g/mol. The van der Waals surface area contributed by atoms with Gasteiger partial charge in [-0.3, -0.25) is 10.1 Å². The summed E-state index contributed by atoms with van der Waals surface area (Å²) in [6.07, 6.45) is 2.85. The van der Waals surface area contributed by atoms with Gasteiger partial charge in [0.05, 0.1) is 25.4 Å². The molecule has 1 aromatic rings. The summed E-state index contributed by atoms with van der Waals surface area (Å²) in [4.78, 5) is 11.0. The molecule has 0 aromatic carbocycles. The molecule has 78 valence electrons. The van der Waals surface area contributed by atoms with E-state index in [1.165, 1.54) is 24.2 Å². The Morgan fingerprint density at radius 3 is 2.93 bits per heavy atom. The molecule has 0 bridgehead atoms. The molecule has 0 aliphatic heterocycles. The van der Waals surface area contributed by atoms with E-state index >= 15 is 0 Å². The Kier molecular flexibility index (Phi) is 4.65. The number of carbonyl (C=O) groups is 1. The Bertz CT molecular complexity index is 336. The fraction of sp³-hybridized carbons (Fsp3) is 0.286. The van der Waals surface area contributed by atoms with Gasteiger partial charge in [-0.1, -0.05) is 0 Å². The number of methoxy groups -OCH3 is 1. The lowest BCUT2D eigenvalue weighted by atomic mass is 10.4. The van der Waals surface area contributed by atoms with Crippen LogP contribution in [-0.2, 0) is 11.3 Å². The molecule has 1 aromatic heterocycles. The van der Waals surface area contributed by atoms with Gasteiger partial charge in [-0.2, -0.15) is 5.10 Å². The molecule has 0 fully saturated rings. The Morgan fingerprint density at radius 2 is 2.43 bits per heavy atom. The van der Waals surface area contributed by atoms with Crippen LogP contribution >= 0.6 is 12.4 Å². The number of halogens is 1. The Hall–Kier alpha value is -1.56. The quantitative estimate of drug-likeness (QED) is 0.425. The molecule has 0 aliphatic carbocycles. The SMILES string of the molecule is COC(=O)c1cnn(CC(=N)N)c1.Cl. The number of esters is 1. The molecule has 3 N–H and O–H groups in total. The number of aromatic nitrogens is 2. The Morgan fingerprint density at radius 1 is 1.79 bits per heavy atom. The highest BCUT2D eigenvalue weighted by molar-refractivity contribution is 5.88. The van der Waals surface area contributed by atoms with Crippen LogP contribution < -0.4 is 5.73 Å². The van der Waals surface area contributed by atoms with Crippen molar-refractivity contribution in [3.05, 3.63) is 18.0 Å². The largest absolute Gasteiger partial charge is 0.465 e. The van der Waals surface area contributed by atoms with Crippen LogP contribution in [0.4, 0.5) is 0 Å². The van der Waals surface area contributed by atoms with Crippen molar-refractivity contribution < 1.29 is 9.53 Å². The van der Waals surface area contributed by atoms with E-state index < -0.39 is 5.97 Å². The van der Waals surface area contributed by atoms with Gasteiger partial charge in [0.15, 0.2) is 0 Å². The summed E-state index contributed by atoms with van der Waals surface area (Å²) < 4.78 is 5.87. The van der Waals surface area contributed by atoms with Crippen LogP contribution in [0.1, 0.15) is 10.4 Å². The fourth-order valence-electron chi connectivity index (χ4n) is 0.848. The number of amidine groups is 1. The maximum Gasteiger partial charge on any atom is 0.341 e. The van der Waals surface area contributed by atoms with Gasteiger partial charge in [0.2, 0.25) is 0 Å². The zero-order valence-electron chi connectivity index (χ0n) is 7.56. The molecule has 0 aliphatic rings. The number of nitrogens with zero attached hydrogens (tertiary/aromatic N) is 2. The van der Waals surface area contributed by atoms with Crippen LogP contribution in [0.25, 0.3) is 0 Å². The lowest BCUT2D eigenvalue weighted by Gasteiger charge is -1.96. The smallest absolute Gasteiger partial charge is 0.341 e. The van der Waals surface area contributed by atoms with Gasteiger partial charge in [-0.15, -0.1) is 12.4 Å². The van der Waals surface area contributed by atoms with E-state index in [-0.39, 0.29) is 24.8 Å². The van der Waals surface area contributed by atoms with Gasteiger partial charge in [0.25, 0.3) is 0 Å². The van der Waals surface area contributed by atoms with Crippen molar-refractivity contribution in [2.75, 3.05) is 7.11 Å². The van der Waals surface area contributed by atoms with Crippen molar-refractivity contribution in [3.63, 3.8) is 0 Å². The standard InChI is InChI=1S/C7H10N4O2.ClH/c1-13-7(12)5-2-10-11(3-5)4-6(8)9;/h2-3H,4H2,1H3,(H3,8,9);1H. The average molecular weight is 219 g/mol. The van der Waals surface area contributed by atoms with Gasteiger partial charge >= 0.3 is 5.97 Å². The number of nitrogens with two attached hydrogens (primary N) is 1. The van der Waals surface area contributed by atoms with Gasteiger partial charge in [-0.25, -0.2) is 4.79 Å². The van der Waals surface area contributed by atoms with Gasteiger partial charge in [0, 0.05) is 6.20 Å². The third-order valence-corrected chi connectivity index (χ3v) is 1.39. The lowest BCUT2D eigenvalue weighted by molar-refractivity contribution is 0.0600. The molecule has 0 spiro atoms. The van der Waals surface area contributed by atoms with E-state index in [4.69, 9.17) is 11.1 Å². The van der Waals surface area contributed by atoms with E-state index in [0.717, 1.165) is 0 Å². The van der Waals surface area contributed by atoms with Crippen molar-refractivity contribution in [1.82, 2.24) is 9.78 Å². The molecule has 0 amide bonds. The summed E-state index contributed by atoms with van der Waals surface area (Å²) in [5.41, 5.74) is 5.50. The first-order valence-corrected chi connectivity index (χ1v) is 3.57. The van der Waals surface area contributed by atoms with E-state index in [2.05, 4.69) is 9.84 Å². The lowest BCUT2D eigenvalue weighted by Crippen LogP contribution is -2.18. The summed E-state index contributed by atoms with van der Waals surface area (Å²) >= 11 is 0. The van der Waals surface area contributed by atoms with E-state index in [0.29, 0.717) is 5.56 Å². The molecule has 6 nitrogen and oxygen atoms in total. The Labute approximate surface area is 87.0 Å². The minimum atomic E-state index is -0.449. The molecule has 0 saturated carbocycles. The summed E-state index contributed by atoms with van der Waals surface area (Å²) in [6.45, 7) is 0.178. The number of nitrogens with one attached hydrogen (secondary N) is 1. The molecule has 0 saturated heterocycles. The molecule has 0 radical (unpaired) electrons. The van der Waals surface area contributed by atoms with Gasteiger partial charge in [-0.05, 0) is 0 Å². The van der Waals surface area contributed by atoms with Crippen LogP contribution in [0.2, 0.25) is 0 Å². The maximum atomic E-state index is 11.0. The topological polar surface area (TPSA) is 94.0 Å². The predicted octanol–water partition coefficient (Wildman–Crippen LogP) is 0.0275. The van der Waals surface area contributed by atoms with Crippen LogP contribution in [0, 0.1) is 5.41 Å². The molecule has 1 rings (SSSR count). The number of hydrogen-bond acceptors (Lipinski definition) is 4. The fourth-order valence-corrected chi connectivity index (χ4v) is 0.848. The van der Waals surface area contributed by atoms with Crippen molar-refractivity contribution in [2.45, 2.75) is 6.54 Å². The second-order valence-electron chi connectivity index (χ2n) is 2.44. The highest BCUT2D eigenvalue weighted by Gasteiger charge is 2.07. The summed E-state index contributed by atoms with van der Waals surface area (Å²) in [6, 6.07) is 0. The van der Waals surface area contributed by atoms with Gasteiger partial charge < -0.3 is 10.5 Å². The minimum absolute atomic E-state index is 0. The van der Waals surface area contributed by atoms with Crippen LogP contribution in [0.3, 0.4) is 0 Å². The second-order valence-corrected chi connectivity index (χ2v) is 2.44. The van der Waals surface area contributed by atoms with Crippen LogP contribution in [-0.4, -0.2) is 28.7 Å². The van der Waals surface area contributed by atoms with Crippen LogP contribution in [0.15, 0.2) is 12.4 Å². The highest BCUT2D eigenvalue weighted by atomic mass is 35.5. The number of hydrogen-bond donors (Lipinski definition) is 2. The first-order chi connectivity index (χ1) is 6.13. The zero-order valence-corrected chi connectivity index (χ0v) is 8.37. The average Bonchev–Trinajstić information content (AvgIpc) is 2.50. The number of carbonyl (C=O) groups excluding carboxylic acids is 1. The highest BCUT2D eigenvalue weighted by Crippen LogP contribution is 1.98. The van der Waals surface area contributed by atoms with E-state index in [1.54, 1.807) is 0 Å². The molecule has 0 unspecified atom stereocenters. The van der Waals surface area contributed by atoms with E-state index in [9.17, 15) is 4.79 Å². The zero-order chi connectivity index (χ0) is 9.84. The van der Waals surface area contributed by atoms with Gasteiger partial charge in [0.1, 0.15) is 5.84 Å². The maximum absolute atomic E-state index is 11.0. The molecular weight excluding hydrogens is 208 g/mol. The Balaban J connectivity index is 0.00000169. The first kappa shape index (κ1) is 12.4. The number of rotatable bonds is 3. The second kappa shape index (κ2) is 5.23. The first-order valence-electron chi connectivity index (χ1n) is 3.57. The summed E-state index contributed by atoms with van der Waals surface area (Å²) in [7, 11) is 1.30. The molecular formula is C7H11ClN4O2. The third kappa shape index (κ3) is 3.06. The van der Waals surface area contributed by atoms with Crippen LogP contribution in [0.5, 0.6) is 0 Å². The summed E-state index contributed by atoms with van der Waals surface area (Å²) in [5, 5.41) is 10.8. The number of ether oxygens (including phenoxy) is 1. The van der Waals surface area contributed by atoms with E-state index in [1.807, 2.05) is 0 Å². The van der Waals surface area contributed by atoms with Crippen molar-refractivity contribution in [1.29, 1.82) is 5.41 Å². The molecule has 14 heavy (non-hydrogen) atoms. The molecule has 0 atom stereocenters.